The number of ether oxygens (including phenoxy) is 2. The normalized spacial score (nSPS) is 32.0. The molecule has 0 saturated heterocycles. The zero-order valence-electron chi connectivity index (χ0n) is 12.0. The summed E-state index contributed by atoms with van der Waals surface area (Å²) in [4.78, 5) is 35.9. The van der Waals surface area contributed by atoms with E-state index in [0.717, 1.165) is 0 Å². The van der Waals surface area contributed by atoms with E-state index in [2.05, 4.69) is 0 Å². The Morgan fingerprint density at radius 3 is 2.70 bits per heavy atom. The van der Waals surface area contributed by atoms with Gasteiger partial charge < -0.3 is 9.47 Å². The van der Waals surface area contributed by atoms with E-state index in [4.69, 9.17) is 9.47 Å². The van der Waals surface area contributed by atoms with Crippen molar-refractivity contribution in [1.82, 2.24) is 0 Å². The standard InChI is InChI=1S/C15H20O5/c1-4-19-14(18)12-9(10-5-6-11(16)20-10)7-8-15(2,3)13(12)17/h5-6,9-10,12H,4,7-8H2,1-3H3. The molecule has 0 bridgehead atoms. The highest BCUT2D eigenvalue weighted by Gasteiger charge is 2.50. The maximum absolute atomic E-state index is 12.5. The summed E-state index contributed by atoms with van der Waals surface area (Å²) in [6, 6.07) is 0. The Labute approximate surface area is 118 Å². The minimum absolute atomic E-state index is 0.122. The number of hydrogen-bond acceptors (Lipinski definition) is 5. The zero-order chi connectivity index (χ0) is 14.9. The Morgan fingerprint density at radius 2 is 2.15 bits per heavy atom. The Kier molecular flexibility index (Phi) is 3.97. The van der Waals surface area contributed by atoms with Crippen LogP contribution in [0.2, 0.25) is 0 Å². The van der Waals surface area contributed by atoms with Crippen LogP contribution in [0.5, 0.6) is 0 Å². The Morgan fingerprint density at radius 1 is 1.45 bits per heavy atom. The number of hydrogen-bond donors (Lipinski definition) is 0. The molecule has 0 aromatic heterocycles. The van der Waals surface area contributed by atoms with Gasteiger partial charge in [-0.3, -0.25) is 9.59 Å². The van der Waals surface area contributed by atoms with E-state index in [-0.39, 0.29) is 18.3 Å². The van der Waals surface area contributed by atoms with Crippen molar-refractivity contribution < 1.29 is 23.9 Å². The molecule has 5 heteroatoms. The van der Waals surface area contributed by atoms with Gasteiger partial charge >= 0.3 is 11.9 Å². The first kappa shape index (κ1) is 14.8. The van der Waals surface area contributed by atoms with E-state index in [9.17, 15) is 14.4 Å². The predicted octanol–water partition coefficient (Wildman–Crippen LogP) is 1.65. The van der Waals surface area contributed by atoms with E-state index in [1.165, 1.54) is 6.08 Å². The van der Waals surface area contributed by atoms with Crippen LogP contribution < -0.4 is 0 Å². The van der Waals surface area contributed by atoms with Gasteiger partial charge in [-0.2, -0.15) is 0 Å². The molecule has 0 N–H and O–H groups in total. The molecule has 0 aromatic rings. The maximum Gasteiger partial charge on any atom is 0.331 e. The van der Waals surface area contributed by atoms with Crippen molar-refractivity contribution in [1.29, 1.82) is 0 Å². The van der Waals surface area contributed by atoms with E-state index < -0.39 is 29.4 Å². The fourth-order valence-electron chi connectivity index (χ4n) is 2.92. The average molecular weight is 280 g/mol. The van der Waals surface area contributed by atoms with E-state index >= 15 is 0 Å². The summed E-state index contributed by atoms with van der Waals surface area (Å²) >= 11 is 0. The van der Waals surface area contributed by atoms with Gasteiger partial charge in [0.25, 0.3) is 0 Å². The first-order chi connectivity index (χ1) is 9.36. The lowest BCUT2D eigenvalue weighted by Crippen LogP contribution is -2.48. The fraction of sp³-hybridized carbons (Fsp3) is 0.667. The fourth-order valence-corrected chi connectivity index (χ4v) is 2.92. The lowest BCUT2D eigenvalue weighted by atomic mass is 9.64. The molecular formula is C15H20O5. The van der Waals surface area contributed by atoms with Crippen LogP contribution in [0.4, 0.5) is 0 Å². The molecule has 1 aliphatic carbocycles. The van der Waals surface area contributed by atoms with Crippen LogP contribution >= 0.6 is 0 Å². The van der Waals surface area contributed by atoms with E-state index in [1.807, 2.05) is 13.8 Å². The number of carbonyl (C=O) groups is 3. The molecule has 2 rings (SSSR count). The molecule has 1 heterocycles. The molecule has 0 amide bonds. The van der Waals surface area contributed by atoms with Gasteiger partial charge in [0.2, 0.25) is 0 Å². The molecule has 5 nitrogen and oxygen atoms in total. The highest BCUT2D eigenvalue weighted by molar-refractivity contribution is 6.02. The molecule has 20 heavy (non-hydrogen) atoms. The number of cyclic esters (lactones) is 1. The summed E-state index contributed by atoms with van der Waals surface area (Å²) in [7, 11) is 0. The van der Waals surface area contributed by atoms with Crippen LogP contribution in [0.15, 0.2) is 12.2 Å². The second-order valence-corrected chi connectivity index (χ2v) is 5.94. The third-order valence-corrected chi connectivity index (χ3v) is 4.12. The Bertz CT molecular complexity index is 463. The van der Waals surface area contributed by atoms with Crippen molar-refractivity contribution in [3.05, 3.63) is 12.2 Å². The zero-order valence-corrected chi connectivity index (χ0v) is 12.0. The molecule has 0 radical (unpaired) electrons. The minimum Gasteiger partial charge on any atom is -0.465 e. The van der Waals surface area contributed by atoms with Crippen molar-refractivity contribution in [3.63, 3.8) is 0 Å². The number of esters is 2. The molecular weight excluding hydrogens is 260 g/mol. The molecule has 3 atom stereocenters. The third kappa shape index (κ3) is 2.62. The van der Waals surface area contributed by atoms with E-state index in [1.54, 1.807) is 13.0 Å². The van der Waals surface area contributed by atoms with Crippen molar-refractivity contribution >= 4 is 17.7 Å². The molecule has 3 unspecified atom stereocenters. The highest BCUT2D eigenvalue weighted by Crippen LogP contribution is 2.42. The second-order valence-electron chi connectivity index (χ2n) is 5.94. The van der Waals surface area contributed by atoms with Crippen LogP contribution in [-0.2, 0) is 23.9 Å². The topological polar surface area (TPSA) is 69.7 Å². The molecule has 110 valence electrons. The Balaban J connectivity index is 2.25. The van der Waals surface area contributed by atoms with Gasteiger partial charge in [-0.15, -0.1) is 0 Å². The maximum atomic E-state index is 12.5. The third-order valence-electron chi connectivity index (χ3n) is 4.12. The monoisotopic (exact) mass is 280 g/mol. The lowest BCUT2D eigenvalue weighted by Gasteiger charge is -2.39. The van der Waals surface area contributed by atoms with Gasteiger partial charge in [0.05, 0.1) is 6.61 Å². The van der Waals surface area contributed by atoms with Gasteiger partial charge in [0.1, 0.15) is 12.0 Å². The summed E-state index contributed by atoms with van der Waals surface area (Å²) in [6.45, 7) is 5.62. The highest BCUT2D eigenvalue weighted by atomic mass is 16.5. The summed E-state index contributed by atoms with van der Waals surface area (Å²) < 4.78 is 10.2. The Hall–Kier alpha value is -1.65. The van der Waals surface area contributed by atoms with E-state index in [0.29, 0.717) is 12.8 Å². The van der Waals surface area contributed by atoms with Crippen LogP contribution in [0.3, 0.4) is 0 Å². The van der Waals surface area contributed by atoms with Crippen LogP contribution in [0, 0.1) is 17.3 Å². The predicted molar refractivity (Wildman–Crippen MR) is 70.7 cm³/mol. The molecule has 0 spiro atoms. The summed E-state index contributed by atoms with van der Waals surface area (Å²) in [5.74, 6) is -2.22. The van der Waals surface area contributed by atoms with Crippen LogP contribution in [0.1, 0.15) is 33.6 Å². The first-order valence-electron chi connectivity index (χ1n) is 6.96. The van der Waals surface area contributed by atoms with Crippen LogP contribution in [0.25, 0.3) is 0 Å². The minimum atomic E-state index is -0.848. The number of ketones is 1. The molecule has 1 aliphatic heterocycles. The number of carbonyl (C=O) groups excluding carboxylic acids is 3. The van der Waals surface area contributed by atoms with Crippen molar-refractivity contribution in [2.24, 2.45) is 17.3 Å². The smallest absolute Gasteiger partial charge is 0.331 e. The summed E-state index contributed by atoms with van der Waals surface area (Å²) in [6.07, 6.45) is 3.80. The van der Waals surface area contributed by atoms with Crippen molar-refractivity contribution in [2.45, 2.75) is 39.7 Å². The summed E-state index contributed by atoms with van der Waals surface area (Å²) in [5, 5.41) is 0. The van der Waals surface area contributed by atoms with Gasteiger partial charge in [0.15, 0.2) is 5.78 Å². The van der Waals surface area contributed by atoms with Gasteiger partial charge in [-0.1, -0.05) is 13.8 Å². The SMILES string of the molecule is CCOC(=O)C1C(=O)C(C)(C)CCC1C1C=CC(=O)O1. The average Bonchev–Trinajstić information content (AvgIpc) is 2.79. The molecule has 1 fully saturated rings. The molecule has 1 saturated carbocycles. The number of rotatable bonds is 3. The van der Waals surface area contributed by atoms with Crippen LogP contribution in [-0.4, -0.2) is 30.4 Å². The van der Waals surface area contributed by atoms with Crippen molar-refractivity contribution in [2.75, 3.05) is 6.61 Å². The molecule has 0 aromatic carbocycles. The van der Waals surface area contributed by atoms with Gasteiger partial charge in [-0.05, 0) is 25.8 Å². The van der Waals surface area contributed by atoms with Gasteiger partial charge in [0, 0.05) is 17.4 Å². The quantitative estimate of drug-likeness (QED) is 0.581. The van der Waals surface area contributed by atoms with Crippen molar-refractivity contribution in [3.8, 4) is 0 Å². The second kappa shape index (κ2) is 5.38. The summed E-state index contributed by atoms with van der Waals surface area (Å²) in [5.41, 5.74) is -0.541. The van der Waals surface area contributed by atoms with Gasteiger partial charge in [-0.25, -0.2) is 4.79 Å². The lowest BCUT2D eigenvalue weighted by molar-refractivity contribution is -0.164. The first-order valence-corrected chi connectivity index (χ1v) is 6.96. The molecule has 2 aliphatic rings. The number of Topliss-reactive ketones (excluding diaryl/α,β-unsaturated/α-hetero) is 1. The largest absolute Gasteiger partial charge is 0.465 e.